The van der Waals surface area contributed by atoms with Crippen LogP contribution in [-0.2, 0) is 12.8 Å². The van der Waals surface area contributed by atoms with Crippen LogP contribution in [-0.4, -0.2) is 46.5 Å². The minimum absolute atomic E-state index is 0.0950. The molecule has 2 aromatic heterocycles. The molecule has 1 amide bonds. The average molecular weight is 442 g/mol. The number of nitrogens with one attached hydrogen (secondary N) is 5. The topological polar surface area (TPSA) is 105 Å². The molecule has 0 saturated carbocycles. The summed E-state index contributed by atoms with van der Waals surface area (Å²) < 4.78 is 0. The van der Waals surface area contributed by atoms with Gasteiger partial charge in [-0.25, -0.2) is 0 Å². The maximum atomic E-state index is 12.7. The first kappa shape index (κ1) is 21.3. The van der Waals surface area contributed by atoms with E-state index in [1.807, 2.05) is 18.5 Å². The van der Waals surface area contributed by atoms with Gasteiger partial charge in [-0.1, -0.05) is 12.1 Å². The van der Waals surface area contributed by atoms with E-state index in [-0.39, 0.29) is 11.7 Å². The van der Waals surface area contributed by atoms with Gasteiger partial charge in [-0.15, -0.1) is 11.6 Å². The van der Waals surface area contributed by atoms with Crippen LogP contribution in [0.4, 0.5) is 11.4 Å². The van der Waals surface area contributed by atoms with Crippen molar-refractivity contribution in [3.05, 3.63) is 53.5 Å². The normalized spacial score (nSPS) is 17.1. The van der Waals surface area contributed by atoms with E-state index in [9.17, 15) is 9.90 Å². The van der Waals surface area contributed by atoms with Crippen molar-refractivity contribution in [2.24, 2.45) is 0 Å². The number of aryl methyl sites for hydroxylation is 1. The Hall–Kier alpha value is -2.90. The summed E-state index contributed by atoms with van der Waals surface area (Å²) in [6.45, 7) is 1.73. The second-order valence-corrected chi connectivity index (χ2v) is 7.75. The van der Waals surface area contributed by atoms with E-state index in [0.717, 1.165) is 42.8 Å². The monoisotopic (exact) mass is 441 g/mol. The molecule has 1 saturated heterocycles. The van der Waals surface area contributed by atoms with E-state index in [1.54, 1.807) is 18.2 Å². The zero-order valence-electron chi connectivity index (χ0n) is 17.5. The van der Waals surface area contributed by atoms with Crippen LogP contribution in [0.5, 0.6) is 5.75 Å². The molecule has 0 spiro atoms. The molecular formula is C23H28ClN5O2. The molecule has 5 rings (SSSR count). The molecule has 6 N–H and O–H groups in total. The van der Waals surface area contributed by atoms with Crippen LogP contribution in [0.3, 0.4) is 0 Å². The lowest BCUT2D eigenvalue weighted by molar-refractivity contribution is 0.0947. The number of hydrogen-bond acceptors (Lipinski definition) is 4. The number of rotatable bonds is 6. The number of halogens is 1. The van der Waals surface area contributed by atoms with Gasteiger partial charge in [-0.3, -0.25) is 4.79 Å². The summed E-state index contributed by atoms with van der Waals surface area (Å²) in [5.74, 6) is 0.0531. The van der Waals surface area contributed by atoms with E-state index in [2.05, 4.69) is 37.5 Å². The van der Waals surface area contributed by atoms with Gasteiger partial charge in [0.25, 0.3) is 5.91 Å². The Morgan fingerprint density at radius 1 is 1.19 bits per heavy atom. The zero-order valence-corrected chi connectivity index (χ0v) is 18.3. The summed E-state index contributed by atoms with van der Waals surface area (Å²) in [5.41, 5.74) is 6.00. The molecule has 1 unspecified atom stereocenters. The summed E-state index contributed by atoms with van der Waals surface area (Å²) in [4.78, 5) is 19.4. The van der Waals surface area contributed by atoms with E-state index in [4.69, 9.17) is 0 Å². The summed E-state index contributed by atoms with van der Waals surface area (Å²) in [6.07, 6.45) is 9.53. The second kappa shape index (κ2) is 9.49. The maximum Gasteiger partial charge on any atom is 0.255 e. The first-order valence-corrected chi connectivity index (χ1v) is 11.3. The number of anilines is 2. The number of aromatic nitrogens is 2. The number of para-hydroxylation sites is 2. The van der Waals surface area contributed by atoms with Crippen LogP contribution in [0.1, 0.15) is 34.5 Å². The van der Waals surface area contributed by atoms with Crippen LogP contribution in [0.2, 0.25) is 0 Å². The average Bonchev–Trinajstić information content (AvgIpc) is 3.35. The highest BCUT2D eigenvalue weighted by molar-refractivity contribution is 6.15. The Bertz CT molecular complexity index is 1050. The molecule has 1 fully saturated rings. The Balaban J connectivity index is 0.00000112. The van der Waals surface area contributed by atoms with Gasteiger partial charge in [-0.2, -0.15) is 0 Å². The first-order valence-electron chi connectivity index (χ1n) is 10.6. The fourth-order valence-electron chi connectivity index (χ4n) is 4.18. The highest BCUT2D eigenvalue weighted by Crippen LogP contribution is 2.39. The number of carbonyl (C=O) groups excluding carboxylic acids is 1. The summed E-state index contributed by atoms with van der Waals surface area (Å²) in [6, 6.07) is 7.67. The fourth-order valence-corrected chi connectivity index (χ4v) is 4.18. The number of aromatic amines is 2. The van der Waals surface area contributed by atoms with Crippen molar-refractivity contribution in [2.75, 3.05) is 24.8 Å². The number of hydrogen-bond donors (Lipinski definition) is 6. The Morgan fingerprint density at radius 2 is 2.00 bits per heavy atom. The lowest BCUT2D eigenvalue weighted by Gasteiger charge is -2.27. The van der Waals surface area contributed by atoms with Gasteiger partial charge in [0.05, 0.1) is 22.6 Å². The van der Waals surface area contributed by atoms with Crippen molar-refractivity contribution < 1.29 is 9.90 Å². The van der Waals surface area contributed by atoms with E-state index < -0.39 is 0 Å². The van der Waals surface area contributed by atoms with Crippen molar-refractivity contribution in [3.63, 3.8) is 0 Å². The molecule has 4 heterocycles. The van der Waals surface area contributed by atoms with Gasteiger partial charge in [-0.05, 0) is 43.5 Å². The zero-order chi connectivity index (χ0) is 21.8. The minimum atomic E-state index is -0.0950. The molecule has 2 aliphatic rings. The molecule has 1 atom stereocenters. The molecule has 8 heteroatoms. The van der Waals surface area contributed by atoms with Crippen LogP contribution in [0, 0.1) is 0 Å². The standard InChI is InChI=1S/C22H25N5O2.CH3Cl/c28-18-4-2-1-3-16(18)26-21-19-17(8-10-25-22(19)29)27-20(21)15-12-23-11-13(15)5-6-14-7-9-24-14;1-2/h1-4,11-12,14,23-24,26-28H,5-10H2,(H,25,29);1H3. The fraction of sp³-hybridized carbons (Fsp3) is 0.348. The minimum Gasteiger partial charge on any atom is -0.506 e. The number of benzene rings is 1. The van der Waals surface area contributed by atoms with Gasteiger partial charge in [0.1, 0.15) is 5.75 Å². The van der Waals surface area contributed by atoms with Crippen LogP contribution in [0.25, 0.3) is 11.3 Å². The number of H-pyrrole nitrogens is 2. The smallest absolute Gasteiger partial charge is 0.255 e. The number of phenols is 1. The third-order valence-electron chi connectivity index (χ3n) is 5.92. The lowest BCUT2D eigenvalue weighted by Crippen LogP contribution is -2.42. The third-order valence-corrected chi connectivity index (χ3v) is 5.92. The number of fused-ring (bicyclic) bond motifs is 1. The first-order chi connectivity index (χ1) is 15.2. The van der Waals surface area contributed by atoms with Crippen molar-refractivity contribution in [3.8, 4) is 17.0 Å². The molecule has 7 nitrogen and oxygen atoms in total. The van der Waals surface area contributed by atoms with Crippen molar-refractivity contribution in [2.45, 2.75) is 31.7 Å². The molecule has 3 aromatic rings. The van der Waals surface area contributed by atoms with Crippen LogP contribution >= 0.6 is 11.6 Å². The van der Waals surface area contributed by atoms with Crippen LogP contribution in [0.15, 0.2) is 36.7 Å². The molecular weight excluding hydrogens is 414 g/mol. The van der Waals surface area contributed by atoms with Gasteiger partial charge >= 0.3 is 0 Å². The van der Waals surface area contributed by atoms with Crippen molar-refractivity contribution in [1.29, 1.82) is 0 Å². The second-order valence-electron chi connectivity index (χ2n) is 7.75. The number of alkyl halides is 1. The molecule has 0 radical (unpaired) electrons. The summed E-state index contributed by atoms with van der Waals surface area (Å²) in [5, 5.41) is 19.9. The lowest BCUT2D eigenvalue weighted by atomic mass is 9.97. The molecule has 0 bridgehead atoms. The van der Waals surface area contributed by atoms with Crippen LogP contribution < -0.4 is 16.0 Å². The Kier molecular flexibility index (Phi) is 6.53. The predicted molar refractivity (Wildman–Crippen MR) is 125 cm³/mol. The predicted octanol–water partition coefficient (Wildman–Crippen LogP) is 3.89. The summed E-state index contributed by atoms with van der Waals surface area (Å²) in [7, 11) is 0. The number of aromatic hydroxyl groups is 1. The summed E-state index contributed by atoms with van der Waals surface area (Å²) >= 11 is 4.64. The molecule has 164 valence electrons. The van der Waals surface area contributed by atoms with E-state index >= 15 is 0 Å². The van der Waals surface area contributed by atoms with Crippen molar-refractivity contribution >= 4 is 28.9 Å². The number of phenolic OH excluding ortho intramolecular Hbond substituents is 1. The van der Waals surface area contributed by atoms with Gasteiger partial charge < -0.3 is 31.0 Å². The number of carbonyl (C=O) groups is 1. The van der Waals surface area contributed by atoms with Gasteiger partial charge in [0.2, 0.25) is 0 Å². The Morgan fingerprint density at radius 3 is 2.74 bits per heavy atom. The SMILES string of the molecule is CCl.O=C1NCCc2[nH]c(-c3c[nH]cc3CCC3CCN3)c(Nc3ccccc3O)c21. The van der Waals surface area contributed by atoms with Gasteiger partial charge in [0.15, 0.2) is 0 Å². The third kappa shape index (κ3) is 4.29. The quantitative estimate of drug-likeness (QED) is 0.258. The molecule has 1 aromatic carbocycles. The van der Waals surface area contributed by atoms with Gasteiger partial charge in [0, 0.05) is 49.0 Å². The highest BCUT2D eigenvalue weighted by Gasteiger charge is 2.28. The molecule has 2 aliphatic heterocycles. The van der Waals surface area contributed by atoms with E-state index in [1.165, 1.54) is 18.4 Å². The highest BCUT2D eigenvalue weighted by atomic mass is 35.5. The largest absolute Gasteiger partial charge is 0.506 e. The number of amides is 1. The Labute approximate surface area is 186 Å². The molecule has 0 aliphatic carbocycles. The van der Waals surface area contributed by atoms with E-state index in [0.29, 0.717) is 29.5 Å². The van der Waals surface area contributed by atoms with Crippen molar-refractivity contribution in [1.82, 2.24) is 20.6 Å². The maximum absolute atomic E-state index is 12.7. The molecule has 31 heavy (non-hydrogen) atoms.